The minimum absolute atomic E-state index is 0.935. The third kappa shape index (κ3) is 2.02. The Hall–Kier alpha value is 0.440. The number of likely N-dealkylation sites (tertiary alicyclic amines) is 1. The van der Waals surface area contributed by atoms with Gasteiger partial charge in [-0.15, -0.1) is 0 Å². The van der Waals surface area contributed by atoms with Gasteiger partial charge in [-0.2, -0.15) is 0 Å². The normalized spacial score (nSPS) is 32.2. The molecule has 2 fully saturated rings. The molecule has 0 amide bonds. The summed E-state index contributed by atoms with van der Waals surface area (Å²) < 4.78 is 0. The molecule has 0 N–H and O–H groups in total. The Labute approximate surface area is 83.6 Å². The van der Waals surface area contributed by atoms with Gasteiger partial charge in [-0.25, -0.2) is 0 Å². The summed E-state index contributed by atoms with van der Waals surface area (Å²) in [6.45, 7) is 4.10. The number of hydrogen-bond acceptors (Lipinski definition) is 1. The van der Waals surface area contributed by atoms with Crippen molar-refractivity contribution in [1.29, 1.82) is 0 Å². The summed E-state index contributed by atoms with van der Waals surface area (Å²) in [5.41, 5.74) is 0. The summed E-state index contributed by atoms with van der Waals surface area (Å²) in [5.74, 6) is 1.99. The van der Waals surface area contributed by atoms with Gasteiger partial charge >= 0.3 is 0 Å². The molecule has 1 heterocycles. The molecule has 0 spiro atoms. The Morgan fingerprint density at radius 3 is 2.50 bits per heavy atom. The van der Waals surface area contributed by atoms with E-state index in [2.05, 4.69) is 20.8 Å². The van der Waals surface area contributed by atoms with E-state index in [0.717, 1.165) is 11.8 Å². The van der Waals surface area contributed by atoms with E-state index in [1.165, 1.54) is 50.6 Å². The van der Waals surface area contributed by atoms with Crippen LogP contribution in [0.15, 0.2) is 0 Å². The lowest BCUT2D eigenvalue weighted by atomic mass is 9.85. The molecule has 12 heavy (non-hydrogen) atoms. The molecule has 0 aromatic rings. The average Bonchev–Trinajstić information content (AvgIpc) is 2.44. The van der Waals surface area contributed by atoms with Gasteiger partial charge in [0.2, 0.25) is 0 Å². The predicted octanol–water partition coefficient (Wildman–Crippen LogP) is 2.50. The van der Waals surface area contributed by atoms with Crippen molar-refractivity contribution in [1.82, 2.24) is 4.90 Å². The lowest BCUT2D eigenvalue weighted by molar-refractivity contribution is 0.202. The summed E-state index contributed by atoms with van der Waals surface area (Å²) >= 11 is 3.57. The molecule has 2 aliphatic rings. The zero-order valence-electron chi connectivity index (χ0n) is 7.64. The molecule has 2 rings (SSSR count). The molecular weight excluding hydrogens is 214 g/mol. The minimum Gasteiger partial charge on any atom is -0.303 e. The van der Waals surface area contributed by atoms with Gasteiger partial charge in [-0.1, -0.05) is 22.4 Å². The van der Waals surface area contributed by atoms with Crippen molar-refractivity contribution in [2.24, 2.45) is 11.8 Å². The second kappa shape index (κ2) is 4.10. The van der Waals surface area contributed by atoms with Gasteiger partial charge in [-0.3, -0.25) is 0 Å². The van der Waals surface area contributed by atoms with Crippen molar-refractivity contribution in [2.45, 2.75) is 25.7 Å². The molecule has 1 unspecified atom stereocenters. The number of rotatable bonds is 3. The Bertz CT molecular complexity index is 145. The van der Waals surface area contributed by atoms with Gasteiger partial charge in [0.25, 0.3) is 0 Å². The average molecular weight is 232 g/mol. The van der Waals surface area contributed by atoms with Gasteiger partial charge in [0, 0.05) is 18.4 Å². The van der Waals surface area contributed by atoms with Crippen molar-refractivity contribution in [2.75, 3.05) is 25.0 Å². The van der Waals surface area contributed by atoms with Crippen LogP contribution < -0.4 is 0 Å². The molecule has 0 aromatic carbocycles. The Kier molecular flexibility index (Phi) is 3.08. The monoisotopic (exact) mass is 231 g/mol. The van der Waals surface area contributed by atoms with Crippen LogP contribution in [0.25, 0.3) is 0 Å². The van der Waals surface area contributed by atoms with Crippen molar-refractivity contribution in [3.8, 4) is 0 Å². The molecule has 70 valence electrons. The van der Waals surface area contributed by atoms with E-state index in [9.17, 15) is 0 Å². The van der Waals surface area contributed by atoms with Crippen LogP contribution in [0.5, 0.6) is 0 Å². The van der Waals surface area contributed by atoms with E-state index >= 15 is 0 Å². The van der Waals surface area contributed by atoms with Gasteiger partial charge < -0.3 is 4.90 Å². The zero-order chi connectivity index (χ0) is 8.39. The first-order chi connectivity index (χ1) is 5.88. The molecule has 1 aliphatic carbocycles. The van der Waals surface area contributed by atoms with Crippen molar-refractivity contribution in [3.05, 3.63) is 0 Å². The highest BCUT2D eigenvalue weighted by molar-refractivity contribution is 9.09. The quantitative estimate of drug-likeness (QED) is 0.676. The molecule has 2 heteroatoms. The molecule has 1 aliphatic heterocycles. The number of hydrogen-bond donors (Lipinski definition) is 0. The van der Waals surface area contributed by atoms with Crippen molar-refractivity contribution < 1.29 is 0 Å². The summed E-state index contributed by atoms with van der Waals surface area (Å²) in [4.78, 5) is 2.66. The first-order valence-corrected chi connectivity index (χ1v) is 6.29. The molecule has 0 radical (unpaired) electrons. The van der Waals surface area contributed by atoms with E-state index in [4.69, 9.17) is 0 Å². The first kappa shape index (κ1) is 9.01. The van der Waals surface area contributed by atoms with E-state index < -0.39 is 0 Å². The maximum absolute atomic E-state index is 3.57. The maximum Gasteiger partial charge on any atom is 0.00723 e. The van der Waals surface area contributed by atoms with Crippen LogP contribution >= 0.6 is 15.9 Å². The van der Waals surface area contributed by atoms with Crippen molar-refractivity contribution >= 4 is 15.9 Å². The SMILES string of the molecule is BrCC1CCN(CC2CCC2)C1. The first-order valence-electron chi connectivity index (χ1n) is 5.17. The summed E-state index contributed by atoms with van der Waals surface area (Å²) in [6, 6.07) is 0. The fraction of sp³-hybridized carbons (Fsp3) is 1.00. The molecule has 1 nitrogen and oxygen atoms in total. The summed E-state index contributed by atoms with van der Waals surface area (Å²) in [6.07, 6.45) is 5.89. The topological polar surface area (TPSA) is 3.24 Å². The van der Waals surface area contributed by atoms with Crippen LogP contribution in [0, 0.1) is 11.8 Å². The fourth-order valence-corrected chi connectivity index (χ4v) is 2.77. The van der Waals surface area contributed by atoms with E-state index in [0.29, 0.717) is 0 Å². The number of nitrogens with zero attached hydrogens (tertiary/aromatic N) is 1. The van der Waals surface area contributed by atoms with Crippen LogP contribution in [-0.4, -0.2) is 29.9 Å². The van der Waals surface area contributed by atoms with E-state index in [1.807, 2.05) is 0 Å². The van der Waals surface area contributed by atoms with Gasteiger partial charge in [0.15, 0.2) is 0 Å². The lowest BCUT2D eigenvalue weighted by Gasteiger charge is -2.29. The number of alkyl halides is 1. The third-order valence-corrected chi connectivity index (χ3v) is 4.25. The highest BCUT2D eigenvalue weighted by Crippen LogP contribution is 2.29. The molecule has 0 bridgehead atoms. The Morgan fingerprint density at radius 1 is 1.17 bits per heavy atom. The standard InChI is InChI=1S/C10H18BrN/c11-6-10-4-5-12(8-10)7-9-2-1-3-9/h9-10H,1-8H2. The zero-order valence-corrected chi connectivity index (χ0v) is 9.22. The molecule has 1 atom stereocenters. The molecule has 0 aromatic heterocycles. The van der Waals surface area contributed by atoms with E-state index in [-0.39, 0.29) is 0 Å². The highest BCUT2D eigenvalue weighted by Gasteiger charge is 2.26. The van der Waals surface area contributed by atoms with Crippen molar-refractivity contribution in [3.63, 3.8) is 0 Å². The summed E-state index contributed by atoms with van der Waals surface area (Å²) in [7, 11) is 0. The largest absolute Gasteiger partial charge is 0.303 e. The van der Waals surface area contributed by atoms with Crippen LogP contribution in [0.3, 0.4) is 0 Å². The van der Waals surface area contributed by atoms with Gasteiger partial charge in [-0.05, 0) is 37.6 Å². The second-order valence-corrected chi connectivity index (χ2v) is 5.01. The predicted molar refractivity (Wildman–Crippen MR) is 55.7 cm³/mol. The van der Waals surface area contributed by atoms with Gasteiger partial charge in [0.1, 0.15) is 0 Å². The second-order valence-electron chi connectivity index (χ2n) is 4.37. The Morgan fingerprint density at radius 2 is 2.00 bits per heavy atom. The van der Waals surface area contributed by atoms with E-state index in [1.54, 1.807) is 0 Å². The smallest absolute Gasteiger partial charge is 0.00723 e. The Balaban J connectivity index is 1.68. The van der Waals surface area contributed by atoms with Gasteiger partial charge in [0.05, 0.1) is 0 Å². The highest BCUT2D eigenvalue weighted by atomic mass is 79.9. The van der Waals surface area contributed by atoms with Crippen LogP contribution in [-0.2, 0) is 0 Å². The molecule has 1 saturated heterocycles. The summed E-state index contributed by atoms with van der Waals surface area (Å²) in [5, 5.41) is 1.20. The number of halogens is 1. The third-order valence-electron chi connectivity index (χ3n) is 3.33. The maximum atomic E-state index is 3.57. The van der Waals surface area contributed by atoms with Crippen LogP contribution in [0.4, 0.5) is 0 Å². The molecule has 1 saturated carbocycles. The van der Waals surface area contributed by atoms with Crippen LogP contribution in [0.1, 0.15) is 25.7 Å². The molecular formula is C10H18BrN. The fourth-order valence-electron chi connectivity index (χ4n) is 2.25. The van der Waals surface area contributed by atoms with Crippen LogP contribution in [0.2, 0.25) is 0 Å². The minimum atomic E-state index is 0.935. The lowest BCUT2D eigenvalue weighted by Crippen LogP contribution is -2.30.